The van der Waals surface area contributed by atoms with Crippen molar-refractivity contribution in [1.82, 2.24) is 24.5 Å². The van der Waals surface area contributed by atoms with Crippen LogP contribution in [0.3, 0.4) is 0 Å². The van der Waals surface area contributed by atoms with Crippen LogP contribution in [0, 0.1) is 0 Å². The normalized spacial score (nSPS) is 15.2. The third kappa shape index (κ3) is 4.75. The van der Waals surface area contributed by atoms with Gasteiger partial charge in [-0.2, -0.15) is 0 Å². The second kappa shape index (κ2) is 8.70. The van der Waals surface area contributed by atoms with Crippen LogP contribution in [0.1, 0.15) is 12.6 Å². The maximum Gasteiger partial charge on any atom is 0.219 e. The van der Waals surface area contributed by atoms with Crippen molar-refractivity contribution in [2.45, 2.75) is 13.5 Å². The van der Waals surface area contributed by atoms with Gasteiger partial charge in [0.2, 0.25) is 5.91 Å². The Kier molecular flexibility index (Phi) is 6.88. The van der Waals surface area contributed by atoms with E-state index in [0.717, 1.165) is 43.5 Å². The summed E-state index contributed by atoms with van der Waals surface area (Å²) in [7, 11) is 1.77. The number of guanidine groups is 1. The number of carbonyl (C=O) groups is 1. The number of aromatic nitrogens is 2. The van der Waals surface area contributed by atoms with Crippen LogP contribution in [0.15, 0.2) is 29.5 Å². The highest BCUT2D eigenvalue weighted by Crippen LogP contribution is 2.12. The predicted molar refractivity (Wildman–Crippen MR) is 110 cm³/mol. The van der Waals surface area contributed by atoms with Gasteiger partial charge in [-0.15, -0.1) is 24.0 Å². The molecule has 1 N–H and O–H groups in total. The van der Waals surface area contributed by atoms with Crippen molar-refractivity contribution < 1.29 is 4.79 Å². The van der Waals surface area contributed by atoms with E-state index in [-0.39, 0.29) is 29.9 Å². The highest BCUT2D eigenvalue weighted by atomic mass is 127. The molecule has 0 aromatic carbocycles. The summed E-state index contributed by atoms with van der Waals surface area (Å²) in [5.41, 5.74) is 1.78. The maximum atomic E-state index is 11.4. The van der Waals surface area contributed by atoms with E-state index in [1.165, 1.54) is 0 Å². The van der Waals surface area contributed by atoms with Crippen molar-refractivity contribution in [2.24, 2.45) is 4.99 Å². The molecule has 136 valence electrons. The quantitative estimate of drug-likeness (QED) is 0.408. The third-order valence-electron chi connectivity index (χ3n) is 4.13. The molecule has 1 aliphatic rings. The van der Waals surface area contributed by atoms with Crippen molar-refractivity contribution in [3.8, 4) is 0 Å². The molecule has 0 saturated carbocycles. The molecule has 1 fully saturated rings. The number of nitrogens with zero attached hydrogens (tertiary/aromatic N) is 5. The van der Waals surface area contributed by atoms with Crippen LogP contribution in [0.25, 0.3) is 5.65 Å². The topological polar surface area (TPSA) is 65.2 Å². The number of carbonyl (C=O) groups excluding carboxylic acids is 1. The minimum Gasteiger partial charge on any atom is -0.351 e. The molecule has 1 aliphatic heterocycles. The Balaban J connectivity index is 0.00000225. The lowest BCUT2D eigenvalue weighted by atomic mass is 10.3. The molecule has 0 aliphatic carbocycles. The maximum absolute atomic E-state index is 11.4. The number of nitrogens with one attached hydrogen (secondary N) is 1. The van der Waals surface area contributed by atoms with Crippen molar-refractivity contribution in [1.29, 1.82) is 0 Å². The first kappa shape index (κ1) is 19.8. The summed E-state index contributed by atoms with van der Waals surface area (Å²) in [4.78, 5) is 24.3. The van der Waals surface area contributed by atoms with Gasteiger partial charge in [0.25, 0.3) is 0 Å². The molecule has 1 amide bonds. The minimum atomic E-state index is 0. The first-order valence-corrected chi connectivity index (χ1v) is 8.29. The molecule has 7 nitrogen and oxygen atoms in total. The second-order valence-electron chi connectivity index (χ2n) is 5.74. The molecule has 3 heterocycles. The minimum absolute atomic E-state index is 0. The summed E-state index contributed by atoms with van der Waals surface area (Å²) < 4.78 is 1.91. The number of piperazine rings is 1. The number of rotatable bonds is 2. The number of amides is 1. The Hall–Kier alpha value is -1.55. The Bertz CT molecular complexity index is 769. The molecule has 0 atom stereocenters. The summed E-state index contributed by atoms with van der Waals surface area (Å²) in [6.07, 6.45) is 3.79. The molecule has 0 bridgehead atoms. The fourth-order valence-electron chi connectivity index (χ4n) is 2.84. The highest BCUT2D eigenvalue weighted by Gasteiger charge is 2.20. The molecular weight excluding hydrogens is 455 g/mol. The van der Waals surface area contributed by atoms with E-state index in [4.69, 9.17) is 11.6 Å². The van der Waals surface area contributed by atoms with Gasteiger partial charge in [0.05, 0.1) is 17.3 Å². The van der Waals surface area contributed by atoms with Crippen molar-refractivity contribution in [3.05, 3.63) is 35.2 Å². The fraction of sp³-hybridized carbons (Fsp3) is 0.438. The van der Waals surface area contributed by atoms with E-state index < -0.39 is 0 Å². The van der Waals surface area contributed by atoms with Gasteiger partial charge in [0.15, 0.2) is 5.96 Å². The number of aliphatic imine (C=N–C) groups is 1. The third-order valence-corrected chi connectivity index (χ3v) is 4.35. The average Bonchev–Trinajstić information content (AvgIpc) is 2.97. The van der Waals surface area contributed by atoms with Gasteiger partial charge in [-0.25, -0.2) is 4.98 Å². The van der Waals surface area contributed by atoms with E-state index in [2.05, 4.69) is 20.2 Å². The van der Waals surface area contributed by atoms with E-state index >= 15 is 0 Å². The number of hydrogen-bond acceptors (Lipinski definition) is 3. The smallest absolute Gasteiger partial charge is 0.219 e. The largest absolute Gasteiger partial charge is 0.351 e. The van der Waals surface area contributed by atoms with Crippen molar-refractivity contribution >= 4 is 53.1 Å². The predicted octanol–water partition coefficient (Wildman–Crippen LogP) is 1.85. The first-order chi connectivity index (χ1) is 11.6. The van der Waals surface area contributed by atoms with Crippen molar-refractivity contribution in [2.75, 3.05) is 33.2 Å². The zero-order chi connectivity index (χ0) is 17.1. The number of fused-ring (bicyclic) bond motifs is 1. The number of hydrogen-bond donors (Lipinski definition) is 1. The molecule has 0 radical (unpaired) electrons. The first-order valence-electron chi connectivity index (χ1n) is 7.91. The van der Waals surface area contributed by atoms with Gasteiger partial charge < -0.3 is 19.5 Å². The van der Waals surface area contributed by atoms with Crippen LogP contribution in [0.4, 0.5) is 0 Å². The Morgan fingerprint density at radius 1 is 1.24 bits per heavy atom. The fourth-order valence-corrected chi connectivity index (χ4v) is 3.01. The molecule has 0 spiro atoms. The van der Waals surface area contributed by atoms with Gasteiger partial charge in [0.1, 0.15) is 5.65 Å². The molecular formula is C16H22ClIN6O. The molecule has 2 aromatic rings. The zero-order valence-electron chi connectivity index (χ0n) is 14.3. The summed E-state index contributed by atoms with van der Waals surface area (Å²) in [6.45, 7) is 5.20. The number of pyridine rings is 1. The van der Waals surface area contributed by atoms with Crippen LogP contribution >= 0.6 is 35.6 Å². The van der Waals surface area contributed by atoms with Gasteiger partial charge >= 0.3 is 0 Å². The molecule has 2 aromatic heterocycles. The monoisotopic (exact) mass is 476 g/mol. The van der Waals surface area contributed by atoms with Crippen LogP contribution in [0.2, 0.25) is 5.02 Å². The van der Waals surface area contributed by atoms with E-state index in [1.807, 2.05) is 33.8 Å². The highest BCUT2D eigenvalue weighted by molar-refractivity contribution is 14.0. The summed E-state index contributed by atoms with van der Waals surface area (Å²) in [5, 5.41) is 4.02. The number of imidazole rings is 1. The van der Waals surface area contributed by atoms with Crippen LogP contribution in [-0.4, -0.2) is 64.3 Å². The Morgan fingerprint density at radius 3 is 2.56 bits per heavy atom. The van der Waals surface area contributed by atoms with Crippen LogP contribution in [-0.2, 0) is 11.3 Å². The summed E-state index contributed by atoms with van der Waals surface area (Å²) in [5.74, 6) is 0.953. The van der Waals surface area contributed by atoms with E-state index in [0.29, 0.717) is 11.6 Å². The molecule has 25 heavy (non-hydrogen) atoms. The lowest BCUT2D eigenvalue weighted by Crippen LogP contribution is -2.53. The molecule has 3 rings (SSSR count). The van der Waals surface area contributed by atoms with Gasteiger partial charge in [0, 0.05) is 52.5 Å². The Morgan fingerprint density at radius 2 is 1.92 bits per heavy atom. The summed E-state index contributed by atoms with van der Waals surface area (Å²) in [6, 6.07) is 3.72. The average molecular weight is 477 g/mol. The molecule has 1 saturated heterocycles. The molecule has 0 unspecified atom stereocenters. The van der Waals surface area contributed by atoms with Gasteiger partial charge in [-0.3, -0.25) is 9.79 Å². The van der Waals surface area contributed by atoms with Crippen molar-refractivity contribution in [3.63, 3.8) is 0 Å². The second-order valence-corrected chi connectivity index (χ2v) is 6.18. The Labute approximate surface area is 169 Å². The van der Waals surface area contributed by atoms with E-state index in [9.17, 15) is 4.79 Å². The number of halogens is 2. The summed E-state index contributed by atoms with van der Waals surface area (Å²) >= 11 is 6.00. The lowest BCUT2D eigenvalue weighted by molar-refractivity contribution is -0.130. The van der Waals surface area contributed by atoms with E-state index in [1.54, 1.807) is 14.0 Å². The lowest BCUT2D eigenvalue weighted by Gasteiger charge is -2.36. The van der Waals surface area contributed by atoms with Crippen LogP contribution < -0.4 is 5.32 Å². The standard InChI is InChI=1S/C16H21ClN6O.HI/c1-12(24)21-5-7-22(8-6-21)16(18-2)19-9-14-11-23-10-13(17)3-4-15(23)20-14;/h3-4,10-11H,5-9H2,1-2H3,(H,18,19);1H. The van der Waals surface area contributed by atoms with Crippen LogP contribution in [0.5, 0.6) is 0 Å². The van der Waals surface area contributed by atoms with Gasteiger partial charge in [-0.05, 0) is 12.1 Å². The van der Waals surface area contributed by atoms with Gasteiger partial charge in [-0.1, -0.05) is 11.6 Å². The SMILES string of the molecule is CN=C(NCc1cn2cc(Cl)ccc2n1)N1CCN(C(C)=O)CC1.I. The molecule has 9 heteroatoms. The zero-order valence-corrected chi connectivity index (χ0v) is 17.4.